The van der Waals surface area contributed by atoms with Gasteiger partial charge in [0.1, 0.15) is 17.0 Å². The molecule has 1 aliphatic carbocycles. The minimum Gasteiger partial charge on any atom is -0.367 e. The number of nitrogens with one attached hydrogen (secondary N) is 1. The fourth-order valence-electron chi connectivity index (χ4n) is 1.71. The van der Waals surface area contributed by atoms with Gasteiger partial charge in [-0.25, -0.2) is 9.97 Å². The zero-order chi connectivity index (χ0) is 10.4. The third-order valence-corrected chi connectivity index (χ3v) is 4.00. The predicted molar refractivity (Wildman–Crippen MR) is 63.5 cm³/mol. The van der Waals surface area contributed by atoms with Gasteiger partial charge in [0.2, 0.25) is 0 Å². The van der Waals surface area contributed by atoms with E-state index in [0.29, 0.717) is 6.04 Å². The SMILES string of the molecule is Cc1sc2ncnc(NC3CC3)c2c1C. The molecule has 0 radical (unpaired) electrons. The van der Waals surface area contributed by atoms with Crippen LogP contribution in [0, 0.1) is 13.8 Å². The Morgan fingerprint density at radius 1 is 1.33 bits per heavy atom. The molecular weight excluding hydrogens is 206 g/mol. The van der Waals surface area contributed by atoms with Gasteiger partial charge in [-0.05, 0) is 32.3 Å². The van der Waals surface area contributed by atoms with Crippen LogP contribution in [0.2, 0.25) is 0 Å². The van der Waals surface area contributed by atoms with Crippen LogP contribution in [0.15, 0.2) is 6.33 Å². The summed E-state index contributed by atoms with van der Waals surface area (Å²) in [5, 5.41) is 4.68. The molecule has 0 spiro atoms. The molecule has 1 aliphatic rings. The first-order valence-corrected chi connectivity index (χ1v) is 6.04. The molecule has 4 heteroatoms. The van der Waals surface area contributed by atoms with E-state index in [4.69, 9.17) is 0 Å². The van der Waals surface area contributed by atoms with Gasteiger partial charge in [0.25, 0.3) is 0 Å². The van der Waals surface area contributed by atoms with E-state index in [-0.39, 0.29) is 0 Å². The normalized spacial score (nSPS) is 15.9. The molecule has 3 nitrogen and oxygen atoms in total. The van der Waals surface area contributed by atoms with Crippen LogP contribution in [-0.2, 0) is 0 Å². The van der Waals surface area contributed by atoms with Crippen LogP contribution in [0.25, 0.3) is 10.2 Å². The summed E-state index contributed by atoms with van der Waals surface area (Å²) in [5.41, 5.74) is 1.32. The fraction of sp³-hybridized carbons (Fsp3) is 0.455. The second kappa shape index (κ2) is 3.17. The van der Waals surface area contributed by atoms with Gasteiger partial charge in [0.05, 0.1) is 5.39 Å². The molecule has 0 unspecified atom stereocenters. The van der Waals surface area contributed by atoms with Crippen LogP contribution in [0.4, 0.5) is 5.82 Å². The summed E-state index contributed by atoms with van der Waals surface area (Å²) in [5.74, 6) is 1.02. The number of hydrogen-bond acceptors (Lipinski definition) is 4. The molecule has 2 heterocycles. The molecular formula is C11H13N3S. The quantitative estimate of drug-likeness (QED) is 0.844. The highest BCUT2D eigenvalue weighted by Gasteiger charge is 2.23. The lowest BCUT2D eigenvalue weighted by molar-refractivity contribution is 1.10. The molecule has 15 heavy (non-hydrogen) atoms. The molecule has 0 aliphatic heterocycles. The number of aryl methyl sites for hydroxylation is 2. The van der Waals surface area contributed by atoms with Crippen LogP contribution >= 0.6 is 11.3 Å². The Morgan fingerprint density at radius 3 is 2.87 bits per heavy atom. The lowest BCUT2D eigenvalue weighted by Crippen LogP contribution is -2.03. The minimum absolute atomic E-state index is 0.641. The maximum absolute atomic E-state index is 4.35. The van der Waals surface area contributed by atoms with Crippen molar-refractivity contribution in [1.29, 1.82) is 0 Å². The Bertz CT molecular complexity index is 514. The molecule has 3 rings (SSSR count). The highest BCUT2D eigenvalue weighted by Crippen LogP contribution is 2.34. The smallest absolute Gasteiger partial charge is 0.138 e. The molecule has 1 fully saturated rings. The van der Waals surface area contributed by atoms with Crippen molar-refractivity contribution in [2.75, 3.05) is 5.32 Å². The topological polar surface area (TPSA) is 37.8 Å². The molecule has 2 aromatic heterocycles. The first-order chi connectivity index (χ1) is 7.25. The van der Waals surface area contributed by atoms with Crippen molar-refractivity contribution in [3.05, 3.63) is 16.8 Å². The highest BCUT2D eigenvalue weighted by atomic mass is 32.1. The van der Waals surface area contributed by atoms with E-state index in [1.807, 2.05) is 0 Å². The molecule has 0 saturated heterocycles. The Balaban J connectivity index is 2.18. The van der Waals surface area contributed by atoms with Gasteiger partial charge in [-0.3, -0.25) is 0 Å². The first kappa shape index (κ1) is 9.09. The van der Waals surface area contributed by atoms with E-state index >= 15 is 0 Å². The molecule has 0 amide bonds. The average Bonchev–Trinajstić information content (AvgIpc) is 2.96. The Kier molecular flexibility index (Phi) is 1.92. The number of fused-ring (bicyclic) bond motifs is 1. The molecule has 0 aromatic carbocycles. The molecule has 0 bridgehead atoms. The Labute approximate surface area is 92.6 Å². The molecule has 78 valence electrons. The zero-order valence-electron chi connectivity index (χ0n) is 8.87. The second-order valence-corrected chi connectivity index (χ2v) is 5.31. The number of rotatable bonds is 2. The molecule has 0 atom stereocenters. The van der Waals surface area contributed by atoms with E-state index < -0.39 is 0 Å². The summed E-state index contributed by atoms with van der Waals surface area (Å²) in [6, 6.07) is 0.641. The maximum Gasteiger partial charge on any atom is 0.138 e. The third kappa shape index (κ3) is 1.49. The summed E-state index contributed by atoms with van der Waals surface area (Å²) in [6.45, 7) is 4.29. The zero-order valence-corrected chi connectivity index (χ0v) is 9.69. The standard InChI is InChI=1S/C11H13N3S/c1-6-7(2)15-11-9(6)10(12-5-13-11)14-8-3-4-8/h5,8H,3-4H2,1-2H3,(H,12,13,14). The molecule has 2 aromatic rings. The monoisotopic (exact) mass is 219 g/mol. The van der Waals surface area contributed by atoms with E-state index in [0.717, 1.165) is 10.6 Å². The van der Waals surface area contributed by atoms with Crippen LogP contribution in [-0.4, -0.2) is 16.0 Å². The lowest BCUT2D eigenvalue weighted by Gasteiger charge is -2.04. The van der Waals surface area contributed by atoms with Gasteiger partial charge in [0, 0.05) is 10.9 Å². The van der Waals surface area contributed by atoms with E-state index in [1.54, 1.807) is 17.7 Å². The van der Waals surface area contributed by atoms with Gasteiger partial charge < -0.3 is 5.32 Å². The molecule has 1 saturated carbocycles. The summed E-state index contributed by atoms with van der Waals surface area (Å²) < 4.78 is 0. The molecule has 1 N–H and O–H groups in total. The third-order valence-electron chi connectivity index (χ3n) is 2.88. The number of nitrogens with zero attached hydrogens (tertiary/aromatic N) is 2. The summed E-state index contributed by atoms with van der Waals surface area (Å²) in [7, 11) is 0. The predicted octanol–water partition coefficient (Wildman–Crippen LogP) is 2.88. The number of thiophene rings is 1. The van der Waals surface area contributed by atoms with E-state index in [2.05, 4.69) is 29.1 Å². The van der Waals surface area contributed by atoms with Gasteiger partial charge in [0.15, 0.2) is 0 Å². The van der Waals surface area contributed by atoms with Gasteiger partial charge >= 0.3 is 0 Å². The Hall–Kier alpha value is -1.16. The van der Waals surface area contributed by atoms with Crippen LogP contribution in [0.1, 0.15) is 23.3 Å². The van der Waals surface area contributed by atoms with Gasteiger partial charge in [-0.2, -0.15) is 0 Å². The minimum atomic E-state index is 0.641. The van der Waals surface area contributed by atoms with Crippen molar-refractivity contribution in [3.8, 4) is 0 Å². The number of hydrogen-bond donors (Lipinski definition) is 1. The maximum atomic E-state index is 4.35. The first-order valence-electron chi connectivity index (χ1n) is 5.23. The van der Waals surface area contributed by atoms with Crippen molar-refractivity contribution in [2.24, 2.45) is 0 Å². The van der Waals surface area contributed by atoms with Crippen LogP contribution < -0.4 is 5.32 Å². The number of aromatic nitrogens is 2. The lowest BCUT2D eigenvalue weighted by atomic mass is 10.2. The number of anilines is 1. The van der Waals surface area contributed by atoms with Crippen molar-refractivity contribution in [1.82, 2.24) is 9.97 Å². The van der Waals surface area contributed by atoms with Crippen molar-refractivity contribution >= 4 is 27.4 Å². The fourth-order valence-corrected chi connectivity index (χ4v) is 2.71. The van der Waals surface area contributed by atoms with Crippen molar-refractivity contribution < 1.29 is 0 Å². The van der Waals surface area contributed by atoms with Gasteiger partial charge in [-0.15, -0.1) is 11.3 Å². The summed E-state index contributed by atoms with van der Waals surface area (Å²) in [6.07, 6.45) is 4.20. The Morgan fingerprint density at radius 2 is 2.13 bits per heavy atom. The van der Waals surface area contributed by atoms with Crippen molar-refractivity contribution in [3.63, 3.8) is 0 Å². The summed E-state index contributed by atoms with van der Waals surface area (Å²) >= 11 is 1.75. The largest absolute Gasteiger partial charge is 0.367 e. The highest BCUT2D eigenvalue weighted by molar-refractivity contribution is 7.18. The van der Waals surface area contributed by atoms with E-state index in [1.165, 1.54) is 28.7 Å². The second-order valence-electron chi connectivity index (χ2n) is 4.10. The van der Waals surface area contributed by atoms with Crippen molar-refractivity contribution in [2.45, 2.75) is 32.7 Å². The summed E-state index contributed by atoms with van der Waals surface area (Å²) in [4.78, 5) is 11.1. The van der Waals surface area contributed by atoms with Crippen LogP contribution in [0.5, 0.6) is 0 Å². The van der Waals surface area contributed by atoms with Crippen LogP contribution in [0.3, 0.4) is 0 Å². The van der Waals surface area contributed by atoms with E-state index in [9.17, 15) is 0 Å². The van der Waals surface area contributed by atoms with Gasteiger partial charge in [-0.1, -0.05) is 0 Å². The average molecular weight is 219 g/mol.